The van der Waals surface area contributed by atoms with Crippen LogP contribution in [0.5, 0.6) is 5.75 Å². The molecule has 0 N–H and O–H groups in total. The van der Waals surface area contributed by atoms with E-state index in [2.05, 4.69) is 0 Å². The summed E-state index contributed by atoms with van der Waals surface area (Å²) in [5.41, 5.74) is 0.0920. The standard InChI is InChI=1S/C15H9FN2O6/c16-9-5-6-11(18(21)22)13(7-9)23-14(19)8-17-10-3-1-2-4-12(10)24-15(17)20/h1-7H,8H2. The molecule has 0 radical (unpaired) electrons. The lowest BCUT2D eigenvalue weighted by atomic mass is 10.3. The Morgan fingerprint density at radius 1 is 1.29 bits per heavy atom. The van der Waals surface area contributed by atoms with E-state index in [4.69, 9.17) is 9.15 Å². The number of hydrogen-bond acceptors (Lipinski definition) is 6. The second-order valence-electron chi connectivity index (χ2n) is 4.77. The van der Waals surface area contributed by atoms with Crippen molar-refractivity contribution in [2.45, 2.75) is 6.54 Å². The maximum atomic E-state index is 13.2. The molecule has 3 aromatic rings. The Morgan fingerprint density at radius 3 is 2.79 bits per heavy atom. The summed E-state index contributed by atoms with van der Waals surface area (Å²) in [4.78, 5) is 33.8. The van der Waals surface area contributed by atoms with Crippen LogP contribution in [0.2, 0.25) is 0 Å². The largest absolute Gasteiger partial charge is 0.420 e. The third-order valence-corrected chi connectivity index (χ3v) is 3.20. The first kappa shape index (κ1) is 15.4. The van der Waals surface area contributed by atoms with Crippen molar-refractivity contribution in [1.82, 2.24) is 4.57 Å². The maximum Gasteiger partial charge on any atom is 0.420 e. The molecule has 0 spiro atoms. The molecule has 0 atom stereocenters. The van der Waals surface area contributed by atoms with Crippen LogP contribution in [0.25, 0.3) is 11.1 Å². The van der Waals surface area contributed by atoms with Gasteiger partial charge in [-0.3, -0.25) is 14.7 Å². The molecular formula is C15H9FN2O6. The van der Waals surface area contributed by atoms with Crippen molar-refractivity contribution in [3.05, 3.63) is 68.9 Å². The predicted molar refractivity (Wildman–Crippen MR) is 79.2 cm³/mol. The summed E-state index contributed by atoms with van der Waals surface area (Å²) in [5.74, 6) is -3.08. The number of hydrogen-bond donors (Lipinski definition) is 0. The fraction of sp³-hybridized carbons (Fsp3) is 0.0667. The SMILES string of the molecule is O=C(Cn1c(=O)oc2ccccc21)Oc1cc(F)ccc1[N+](=O)[O-]. The quantitative estimate of drug-likeness (QED) is 0.314. The van der Waals surface area contributed by atoms with E-state index in [9.17, 15) is 24.1 Å². The highest BCUT2D eigenvalue weighted by atomic mass is 19.1. The zero-order chi connectivity index (χ0) is 17.3. The summed E-state index contributed by atoms with van der Waals surface area (Å²) in [7, 11) is 0. The molecule has 3 rings (SSSR count). The number of carbonyl (C=O) groups is 1. The smallest absolute Gasteiger partial charge is 0.418 e. The number of nitrogens with zero attached hydrogens (tertiary/aromatic N) is 2. The van der Waals surface area contributed by atoms with Gasteiger partial charge in [0.25, 0.3) is 0 Å². The number of aromatic nitrogens is 1. The van der Waals surface area contributed by atoms with Gasteiger partial charge in [0.05, 0.1) is 10.4 Å². The number of carbonyl (C=O) groups excluding carboxylic acids is 1. The summed E-state index contributed by atoms with van der Waals surface area (Å²) >= 11 is 0. The van der Waals surface area contributed by atoms with Crippen LogP contribution in [0.3, 0.4) is 0 Å². The lowest BCUT2D eigenvalue weighted by Crippen LogP contribution is -2.23. The molecule has 0 unspecified atom stereocenters. The van der Waals surface area contributed by atoms with Gasteiger partial charge in [0.1, 0.15) is 12.4 Å². The van der Waals surface area contributed by atoms with Crippen LogP contribution in [-0.2, 0) is 11.3 Å². The Balaban J connectivity index is 1.89. The first-order valence-electron chi connectivity index (χ1n) is 6.68. The second kappa shape index (κ2) is 5.95. The van der Waals surface area contributed by atoms with Gasteiger partial charge < -0.3 is 9.15 Å². The van der Waals surface area contributed by atoms with Gasteiger partial charge >= 0.3 is 17.4 Å². The van der Waals surface area contributed by atoms with Crippen LogP contribution in [-0.4, -0.2) is 15.5 Å². The number of nitro benzene ring substituents is 1. The molecule has 0 saturated heterocycles. The number of rotatable bonds is 4. The van der Waals surface area contributed by atoms with Crippen molar-refractivity contribution < 1.29 is 23.3 Å². The van der Waals surface area contributed by atoms with E-state index >= 15 is 0 Å². The van der Waals surface area contributed by atoms with E-state index in [1.54, 1.807) is 24.3 Å². The number of oxazole rings is 1. The molecule has 1 heterocycles. The van der Waals surface area contributed by atoms with Gasteiger partial charge in [-0.15, -0.1) is 0 Å². The van der Waals surface area contributed by atoms with Crippen LogP contribution in [0.4, 0.5) is 10.1 Å². The Hall–Kier alpha value is -3.49. The minimum absolute atomic E-state index is 0.284. The lowest BCUT2D eigenvalue weighted by molar-refractivity contribution is -0.385. The molecule has 0 saturated carbocycles. The minimum Gasteiger partial charge on any atom is -0.418 e. The van der Waals surface area contributed by atoms with Crippen LogP contribution in [0.1, 0.15) is 0 Å². The molecule has 0 bridgehead atoms. The number of nitro groups is 1. The van der Waals surface area contributed by atoms with Gasteiger partial charge in [0, 0.05) is 12.1 Å². The average molecular weight is 332 g/mol. The Morgan fingerprint density at radius 2 is 2.04 bits per heavy atom. The van der Waals surface area contributed by atoms with Crippen LogP contribution in [0.15, 0.2) is 51.7 Å². The van der Waals surface area contributed by atoms with Crippen molar-refractivity contribution >= 4 is 22.8 Å². The van der Waals surface area contributed by atoms with Gasteiger partial charge in [0.15, 0.2) is 5.58 Å². The molecule has 0 aliphatic rings. The zero-order valence-electron chi connectivity index (χ0n) is 12.0. The first-order valence-corrected chi connectivity index (χ1v) is 6.68. The van der Waals surface area contributed by atoms with Crippen molar-refractivity contribution in [1.29, 1.82) is 0 Å². The summed E-state index contributed by atoms with van der Waals surface area (Å²) in [6.45, 7) is -0.538. The molecule has 122 valence electrons. The van der Waals surface area contributed by atoms with Gasteiger partial charge in [-0.2, -0.15) is 0 Å². The fourth-order valence-corrected chi connectivity index (χ4v) is 2.17. The number of fused-ring (bicyclic) bond motifs is 1. The molecule has 1 aromatic heterocycles. The van der Waals surface area contributed by atoms with Gasteiger partial charge in [-0.25, -0.2) is 14.0 Å². The zero-order valence-corrected chi connectivity index (χ0v) is 12.0. The van der Waals surface area contributed by atoms with Crippen molar-refractivity contribution in [2.75, 3.05) is 0 Å². The molecule has 24 heavy (non-hydrogen) atoms. The Kier molecular flexibility index (Phi) is 3.82. The van der Waals surface area contributed by atoms with E-state index in [0.29, 0.717) is 5.52 Å². The van der Waals surface area contributed by atoms with Crippen molar-refractivity contribution in [2.24, 2.45) is 0 Å². The highest BCUT2D eigenvalue weighted by Gasteiger charge is 2.20. The molecule has 0 fully saturated rings. The van der Waals surface area contributed by atoms with Crippen LogP contribution >= 0.6 is 0 Å². The first-order chi connectivity index (χ1) is 11.5. The molecule has 2 aromatic carbocycles. The monoisotopic (exact) mass is 332 g/mol. The van der Waals surface area contributed by atoms with E-state index in [1.807, 2.05) is 0 Å². The third-order valence-electron chi connectivity index (χ3n) is 3.20. The van der Waals surface area contributed by atoms with E-state index in [0.717, 1.165) is 22.8 Å². The van der Waals surface area contributed by atoms with Crippen molar-refractivity contribution in [3.63, 3.8) is 0 Å². The highest BCUT2D eigenvalue weighted by molar-refractivity contribution is 5.78. The number of halogens is 1. The topological polar surface area (TPSA) is 105 Å². The third kappa shape index (κ3) is 2.86. The van der Waals surface area contributed by atoms with E-state index in [1.165, 1.54) is 0 Å². The highest BCUT2D eigenvalue weighted by Crippen LogP contribution is 2.27. The van der Waals surface area contributed by atoms with E-state index < -0.39 is 40.4 Å². The number of ether oxygens (including phenoxy) is 1. The molecule has 0 aliphatic carbocycles. The molecule has 0 aliphatic heterocycles. The number of para-hydroxylation sites is 2. The minimum atomic E-state index is -0.975. The number of benzene rings is 2. The van der Waals surface area contributed by atoms with Gasteiger partial charge in [0.2, 0.25) is 5.75 Å². The van der Waals surface area contributed by atoms with E-state index in [-0.39, 0.29) is 5.58 Å². The second-order valence-corrected chi connectivity index (χ2v) is 4.77. The Labute approximate surface area is 132 Å². The van der Waals surface area contributed by atoms with Crippen LogP contribution in [0, 0.1) is 15.9 Å². The van der Waals surface area contributed by atoms with Crippen molar-refractivity contribution in [3.8, 4) is 5.75 Å². The molecule has 8 nitrogen and oxygen atoms in total. The number of esters is 1. The lowest BCUT2D eigenvalue weighted by Gasteiger charge is -2.05. The molecule has 9 heteroatoms. The average Bonchev–Trinajstić information content (AvgIpc) is 2.83. The molecular weight excluding hydrogens is 323 g/mol. The predicted octanol–water partition coefficient (Wildman–Crippen LogP) is 2.25. The summed E-state index contributed by atoms with van der Waals surface area (Å²) in [5, 5.41) is 10.9. The van der Waals surface area contributed by atoms with Crippen LogP contribution < -0.4 is 10.5 Å². The summed E-state index contributed by atoms with van der Waals surface area (Å²) < 4.78 is 24.0. The van der Waals surface area contributed by atoms with Gasteiger partial charge in [-0.05, 0) is 18.2 Å². The Bertz CT molecular complexity index is 1010. The fourth-order valence-electron chi connectivity index (χ4n) is 2.17. The summed E-state index contributed by atoms with van der Waals surface area (Å²) in [6.07, 6.45) is 0. The normalized spacial score (nSPS) is 10.7. The molecule has 0 amide bonds. The van der Waals surface area contributed by atoms with Gasteiger partial charge in [-0.1, -0.05) is 12.1 Å². The maximum absolute atomic E-state index is 13.2. The summed E-state index contributed by atoms with van der Waals surface area (Å²) in [6, 6.07) is 8.92.